The largest absolute Gasteiger partial charge is 0.328 e. The van der Waals surface area contributed by atoms with E-state index in [-0.39, 0.29) is 23.8 Å². The van der Waals surface area contributed by atoms with Gasteiger partial charge in [-0.15, -0.1) is 0 Å². The quantitative estimate of drug-likeness (QED) is 0.838. The minimum absolute atomic E-state index is 0.00116. The van der Waals surface area contributed by atoms with Crippen LogP contribution in [0.1, 0.15) is 25.3 Å². The molecule has 0 aliphatic rings. The maximum Gasteiger partial charge on any atom is 0.137 e. The van der Waals surface area contributed by atoms with Crippen molar-refractivity contribution in [3.8, 4) is 0 Å². The zero-order valence-electron chi connectivity index (χ0n) is 9.17. The molecule has 0 spiro atoms. The van der Waals surface area contributed by atoms with Crippen LogP contribution < -0.4 is 5.73 Å². The molecule has 0 aliphatic heterocycles. The molecule has 1 rings (SSSR count). The van der Waals surface area contributed by atoms with Crippen LogP contribution in [0.3, 0.4) is 0 Å². The molecule has 0 aromatic heterocycles. The molecule has 0 radical (unpaired) electrons. The summed E-state index contributed by atoms with van der Waals surface area (Å²) in [4.78, 5) is 11.4. The Morgan fingerprint density at radius 3 is 2.69 bits per heavy atom. The van der Waals surface area contributed by atoms with Crippen molar-refractivity contribution < 1.29 is 13.6 Å². The minimum Gasteiger partial charge on any atom is -0.328 e. The van der Waals surface area contributed by atoms with Crippen molar-refractivity contribution in [3.63, 3.8) is 0 Å². The molecule has 0 bridgehead atoms. The van der Waals surface area contributed by atoms with Crippen molar-refractivity contribution in [2.24, 2.45) is 5.73 Å². The lowest BCUT2D eigenvalue weighted by atomic mass is 10.0. The Kier molecular flexibility index (Phi) is 4.55. The molecule has 1 unspecified atom stereocenters. The Labute approximate surface area is 93.5 Å². The van der Waals surface area contributed by atoms with Gasteiger partial charge in [0.1, 0.15) is 17.4 Å². The maximum atomic E-state index is 13.2. The van der Waals surface area contributed by atoms with Crippen LogP contribution >= 0.6 is 0 Å². The SMILES string of the molecule is CC(N)CCC(=O)Cc1ccc(F)cc1F. The van der Waals surface area contributed by atoms with Gasteiger partial charge < -0.3 is 5.73 Å². The summed E-state index contributed by atoms with van der Waals surface area (Å²) >= 11 is 0. The minimum atomic E-state index is -0.672. The zero-order valence-corrected chi connectivity index (χ0v) is 9.17. The zero-order chi connectivity index (χ0) is 12.1. The molecule has 0 saturated heterocycles. The first-order valence-electron chi connectivity index (χ1n) is 5.20. The number of carbonyl (C=O) groups excluding carboxylic acids is 1. The van der Waals surface area contributed by atoms with Gasteiger partial charge in [-0.3, -0.25) is 4.79 Å². The summed E-state index contributed by atoms with van der Waals surface area (Å²) in [5.41, 5.74) is 5.74. The second kappa shape index (κ2) is 5.70. The van der Waals surface area contributed by atoms with Gasteiger partial charge in [0.05, 0.1) is 0 Å². The second-order valence-corrected chi connectivity index (χ2v) is 3.97. The highest BCUT2D eigenvalue weighted by atomic mass is 19.1. The van der Waals surface area contributed by atoms with E-state index < -0.39 is 11.6 Å². The number of benzene rings is 1. The Morgan fingerprint density at radius 1 is 1.44 bits per heavy atom. The van der Waals surface area contributed by atoms with E-state index in [1.54, 1.807) is 0 Å². The molecule has 1 aromatic carbocycles. The molecule has 2 N–H and O–H groups in total. The second-order valence-electron chi connectivity index (χ2n) is 3.97. The number of ketones is 1. The van der Waals surface area contributed by atoms with Crippen molar-refractivity contribution in [3.05, 3.63) is 35.4 Å². The van der Waals surface area contributed by atoms with Gasteiger partial charge in [0.25, 0.3) is 0 Å². The first-order valence-corrected chi connectivity index (χ1v) is 5.20. The van der Waals surface area contributed by atoms with Crippen LogP contribution in [0, 0.1) is 11.6 Å². The molecule has 16 heavy (non-hydrogen) atoms. The van der Waals surface area contributed by atoms with Crippen molar-refractivity contribution >= 4 is 5.78 Å². The Morgan fingerprint density at radius 2 is 2.12 bits per heavy atom. The molecule has 2 nitrogen and oxygen atoms in total. The fourth-order valence-corrected chi connectivity index (χ4v) is 1.35. The van der Waals surface area contributed by atoms with Gasteiger partial charge in [-0.25, -0.2) is 8.78 Å². The van der Waals surface area contributed by atoms with Crippen LogP contribution in [0.4, 0.5) is 8.78 Å². The van der Waals surface area contributed by atoms with Crippen LogP contribution in [-0.4, -0.2) is 11.8 Å². The van der Waals surface area contributed by atoms with E-state index in [2.05, 4.69) is 0 Å². The van der Waals surface area contributed by atoms with Crippen LogP contribution in [-0.2, 0) is 11.2 Å². The number of hydrogen-bond acceptors (Lipinski definition) is 2. The van der Waals surface area contributed by atoms with Gasteiger partial charge in [-0.05, 0) is 25.0 Å². The summed E-state index contributed by atoms with van der Waals surface area (Å²) < 4.78 is 25.8. The number of carbonyl (C=O) groups is 1. The fourth-order valence-electron chi connectivity index (χ4n) is 1.35. The standard InChI is InChI=1S/C12H15F2NO/c1-8(15)2-5-11(16)6-9-3-4-10(13)7-12(9)14/h3-4,7-8H,2,5-6,15H2,1H3. The lowest BCUT2D eigenvalue weighted by molar-refractivity contribution is -0.118. The van der Waals surface area contributed by atoms with Gasteiger partial charge in [0, 0.05) is 24.9 Å². The van der Waals surface area contributed by atoms with Crippen molar-refractivity contribution in [1.29, 1.82) is 0 Å². The first kappa shape index (κ1) is 12.8. The Bertz CT molecular complexity index is 377. The predicted molar refractivity (Wildman–Crippen MR) is 58.0 cm³/mol. The van der Waals surface area contributed by atoms with Crippen LogP contribution in [0.2, 0.25) is 0 Å². The molecule has 1 aromatic rings. The summed E-state index contributed by atoms with van der Waals surface area (Å²) in [7, 11) is 0. The molecular weight excluding hydrogens is 212 g/mol. The molecule has 0 amide bonds. The average molecular weight is 227 g/mol. The monoisotopic (exact) mass is 227 g/mol. The molecule has 0 fully saturated rings. The van der Waals surface area contributed by atoms with Gasteiger partial charge in [-0.2, -0.15) is 0 Å². The van der Waals surface area contributed by atoms with Gasteiger partial charge >= 0.3 is 0 Å². The number of rotatable bonds is 5. The normalized spacial score (nSPS) is 12.5. The van der Waals surface area contributed by atoms with Crippen LogP contribution in [0.5, 0.6) is 0 Å². The van der Waals surface area contributed by atoms with Crippen LogP contribution in [0.25, 0.3) is 0 Å². The molecule has 0 aliphatic carbocycles. The summed E-state index contributed by atoms with van der Waals surface area (Å²) in [5, 5.41) is 0. The topological polar surface area (TPSA) is 43.1 Å². The molecule has 88 valence electrons. The van der Waals surface area contributed by atoms with E-state index in [1.807, 2.05) is 6.92 Å². The molecular formula is C12H15F2NO. The highest BCUT2D eigenvalue weighted by Gasteiger charge is 2.09. The summed E-state index contributed by atoms with van der Waals surface area (Å²) in [6.07, 6.45) is 0.912. The number of halogens is 2. The lowest BCUT2D eigenvalue weighted by Gasteiger charge is -2.05. The lowest BCUT2D eigenvalue weighted by Crippen LogP contribution is -2.17. The molecule has 0 heterocycles. The van der Waals surface area contributed by atoms with Gasteiger partial charge in [0.2, 0.25) is 0 Å². The molecule has 0 saturated carbocycles. The predicted octanol–water partition coefficient (Wildman–Crippen LogP) is 2.20. The number of Topliss-reactive ketones (excluding diaryl/α,β-unsaturated/α-hetero) is 1. The maximum absolute atomic E-state index is 13.2. The third kappa shape index (κ3) is 4.06. The average Bonchev–Trinajstić information content (AvgIpc) is 2.19. The van der Waals surface area contributed by atoms with Crippen LogP contribution in [0.15, 0.2) is 18.2 Å². The fraction of sp³-hybridized carbons (Fsp3) is 0.417. The van der Waals surface area contributed by atoms with E-state index in [0.717, 1.165) is 12.1 Å². The highest BCUT2D eigenvalue weighted by molar-refractivity contribution is 5.80. The van der Waals surface area contributed by atoms with E-state index >= 15 is 0 Å². The summed E-state index contributed by atoms with van der Waals surface area (Å²) in [6, 6.07) is 3.20. The van der Waals surface area contributed by atoms with Crippen molar-refractivity contribution in [2.75, 3.05) is 0 Å². The number of hydrogen-bond donors (Lipinski definition) is 1. The van der Waals surface area contributed by atoms with E-state index in [0.29, 0.717) is 12.8 Å². The van der Waals surface area contributed by atoms with Crippen molar-refractivity contribution in [2.45, 2.75) is 32.2 Å². The molecule has 4 heteroatoms. The third-order valence-corrected chi connectivity index (χ3v) is 2.28. The van der Waals surface area contributed by atoms with E-state index in [4.69, 9.17) is 5.73 Å². The van der Waals surface area contributed by atoms with Gasteiger partial charge in [-0.1, -0.05) is 6.07 Å². The van der Waals surface area contributed by atoms with Crippen molar-refractivity contribution in [1.82, 2.24) is 0 Å². The third-order valence-electron chi connectivity index (χ3n) is 2.28. The molecule has 1 atom stereocenters. The Balaban J connectivity index is 2.56. The van der Waals surface area contributed by atoms with Gasteiger partial charge in [0.15, 0.2) is 0 Å². The van der Waals surface area contributed by atoms with E-state index in [9.17, 15) is 13.6 Å². The Hall–Kier alpha value is -1.29. The highest BCUT2D eigenvalue weighted by Crippen LogP contribution is 2.11. The first-order chi connectivity index (χ1) is 7.49. The smallest absolute Gasteiger partial charge is 0.137 e. The summed E-state index contributed by atoms with van der Waals surface area (Å²) in [5.74, 6) is -1.39. The summed E-state index contributed by atoms with van der Waals surface area (Å²) in [6.45, 7) is 1.81. The van der Waals surface area contributed by atoms with E-state index in [1.165, 1.54) is 6.07 Å². The number of nitrogens with two attached hydrogens (primary N) is 1.